The molecule has 0 amide bonds. The Labute approximate surface area is 185 Å². The zero-order chi connectivity index (χ0) is 22.0. The summed E-state index contributed by atoms with van der Waals surface area (Å²) in [4.78, 5) is 4.63. The summed E-state index contributed by atoms with van der Waals surface area (Å²) in [6.45, 7) is 4.36. The van der Waals surface area contributed by atoms with Crippen LogP contribution in [0.3, 0.4) is 0 Å². The van der Waals surface area contributed by atoms with Gasteiger partial charge in [-0.15, -0.1) is 0 Å². The van der Waals surface area contributed by atoms with Gasteiger partial charge >= 0.3 is 0 Å². The van der Waals surface area contributed by atoms with E-state index < -0.39 is 9.84 Å². The normalized spacial score (nSPS) is 12.3. The van der Waals surface area contributed by atoms with Crippen LogP contribution in [0, 0.1) is 6.92 Å². The third-order valence-corrected chi connectivity index (χ3v) is 6.67. The average molecular weight is 454 g/mol. The van der Waals surface area contributed by atoms with E-state index in [1.165, 1.54) is 0 Å². The molecule has 0 unspecified atom stereocenters. The summed E-state index contributed by atoms with van der Waals surface area (Å²) < 4.78 is 38.3. The summed E-state index contributed by atoms with van der Waals surface area (Å²) in [5.74, 6) is 0.707. The number of nitrogens with zero attached hydrogens (tertiary/aromatic N) is 1. The van der Waals surface area contributed by atoms with Crippen LogP contribution in [0.5, 0.6) is 5.75 Å². The van der Waals surface area contributed by atoms with E-state index >= 15 is 0 Å². The van der Waals surface area contributed by atoms with Crippen molar-refractivity contribution >= 4 is 38.1 Å². The topological polar surface area (TPSA) is 68.9 Å². The fraction of sp³-hybridized carbons (Fsp3) is 0.125. The molecule has 0 fully saturated rings. The van der Waals surface area contributed by atoms with E-state index in [-0.39, 0.29) is 15.3 Å². The fourth-order valence-corrected chi connectivity index (χ4v) is 4.63. The second kappa shape index (κ2) is 8.57. The third-order valence-electron chi connectivity index (χ3n) is 4.68. The van der Waals surface area contributed by atoms with Gasteiger partial charge in [0.15, 0.2) is 0 Å². The van der Waals surface area contributed by atoms with Crippen LogP contribution in [-0.4, -0.2) is 15.0 Å². The quantitative estimate of drug-likeness (QED) is 0.379. The Morgan fingerprint density at radius 3 is 2.35 bits per heavy atom. The minimum atomic E-state index is -3.88. The monoisotopic (exact) mass is 453 g/mol. The van der Waals surface area contributed by atoms with Crippen LogP contribution in [0.2, 0.25) is 5.02 Å². The summed E-state index contributed by atoms with van der Waals surface area (Å²) in [6, 6.07) is 20.3. The maximum Gasteiger partial charge on any atom is 0.239 e. The first kappa shape index (κ1) is 21.2. The number of aryl methyl sites for hydroxylation is 1. The largest absolute Gasteiger partial charge is 0.494 e. The van der Waals surface area contributed by atoms with Gasteiger partial charge in [0.1, 0.15) is 16.2 Å². The number of hydrogen-bond donors (Lipinski definition) is 0. The van der Waals surface area contributed by atoms with Gasteiger partial charge in [-0.3, -0.25) is 0 Å². The molecular weight excluding hydrogens is 434 g/mol. The van der Waals surface area contributed by atoms with Gasteiger partial charge in [0, 0.05) is 10.4 Å². The first-order chi connectivity index (χ1) is 14.9. The summed E-state index contributed by atoms with van der Waals surface area (Å²) in [7, 11) is -3.88. The molecule has 0 radical (unpaired) electrons. The highest BCUT2D eigenvalue weighted by molar-refractivity contribution is 7.91. The molecule has 0 N–H and O–H groups in total. The molecule has 0 atom stereocenters. The molecule has 0 aliphatic carbocycles. The number of ether oxygens (including phenoxy) is 1. The molecular formula is C24H20ClNO4S. The van der Waals surface area contributed by atoms with Crippen LogP contribution in [0.4, 0.5) is 5.69 Å². The lowest BCUT2D eigenvalue weighted by atomic mass is 10.2. The molecule has 0 aliphatic heterocycles. The van der Waals surface area contributed by atoms with Crippen LogP contribution in [0.1, 0.15) is 12.5 Å². The molecule has 158 valence electrons. The Balaban J connectivity index is 1.95. The third kappa shape index (κ3) is 4.50. The van der Waals surface area contributed by atoms with E-state index in [0.717, 1.165) is 5.56 Å². The van der Waals surface area contributed by atoms with E-state index in [1.807, 2.05) is 13.8 Å². The van der Waals surface area contributed by atoms with Crippen molar-refractivity contribution in [3.63, 3.8) is 0 Å². The Morgan fingerprint density at radius 2 is 1.68 bits per heavy atom. The van der Waals surface area contributed by atoms with Gasteiger partial charge in [-0.05, 0) is 74.5 Å². The lowest BCUT2D eigenvalue weighted by Crippen LogP contribution is -2.15. The Morgan fingerprint density at radius 1 is 0.968 bits per heavy atom. The first-order valence-corrected chi connectivity index (χ1v) is 11.6. The van der Waals surface area contributed by atoms with E-state index in [0.29, 0.717) is 34.0 Å². The van der Waals surface area contributed by atoms with Crippen molar-refractivity contribution in [3.8, 4) is 5.75 Å². The summed E-state index contributed by atoms with van der Waals surface area (Å²) in [6.07, 6.45) is 0. The maximum absolute atomic E-state index is 13.5. The lowest BCUT2D eigenvalue weighted by Gasteiger charge is -2.08. The molecule has 1 heterocycles. The van der Waals surface area contributed by atoms with Crippen LogP contribution in [0.25, 0.3) is 11.0 Å². The van der Waals surface area contributed by atoms with Crippen molar-refractivity contribution in [3.05, 3.63) is 88.9 Å². The van der Waals surface area contributed by atoms with E-state index in [1.54, 1.807) is 72.8 Å². The van der Waals surface area contributed by atoms with Crippen LogP contribution in [-0.2, 0) is 9.84 Å². The first-order valence-electron chi connectivity index (χ1n) is 9.69. The van der Waals surface area contributed by atoms with Gasteiger partial charge in [-0.2, -0.15) is 0 Å². The predicted octanol–water partition coefficient (Wildman–Crippen LogP) is 5.86. The Hall–Kier alpha value is -3.09. The summed E-state index contributed by atoms with van der Waals surface area (Å²) >= 11 is 6.10. The molecule has 0 spiro atoms. The Bertz CT molecular complexity index is 1410. The number of fused-ring (bicyclic) bond motifs is 1. The fourth-order valence-electron chi connectivity index (χ4n) is 3.10. The molecule has 0 saturated heterocycles. The maximum atomic E-state index is 13.5. The Kier molecular flexibility index (Phi) is 5.85. The molecule has 4 rings (SSSR count). The molecule has 3 aromatic carbocycles. The summed E-state index contributed by atoms with van der Waals surface area (Å²) in [5.41, 5.74) is 1.99. The van der Waals surface area contributed by atoms with Gasteiger partial charge in [-0.25, -0.2) is 13.4 Å². The number of sulfone groups is 1. The molecule has 1 aromatic heterocycles. The summed E-state index contributed by atoms with van der Waals surface area (Å²) in [5, 5.41) is 1.06. The van der Waals surface area contributed by atoms with Crippen molar-refractivity contribution in [2.75, 3.05) is 6.61 Å². The molecule has 31 heavy (non-hydrogen) atoms. The molecule has 5 nitrogen and oxygen atoms in total. The second-order valence-corrected chi connectivity index (χ2v) is 9.31. The smallest absolute Gasteiger partial charge is 0.239 e. The zero-order valence-electron chi connectivity index (χ0n) is 17.0. The number of hydrogen-bond acceptors (Lipinski definition) is 5. The predicted molar refractivity (Wildman–Crippen MR) is 121 cm³/mol. The van der Waals surface area contributed by atoms with Crippen molar-refractivity contribution in [1.82, 2.24) is 0 Å². The van der Waals surface area contributed by atoms with Gasteiger partial charge < -0.3 is 9.15 Å². The standard InChI is InChI=1S/C24H20ClNO4S/c1-3-29-20-9-7-19(8-10-20)26-24-23(15-17-14-18(25)6-13-22(17)30-24)31(27,28)21-11-4-16(2)5-12-21/h4-15H,3H2,1-2H3. The van der Waals surface area contributed by atoms with E-state index in [9.17, 15) is 8.42 Å². The van der Waals surface area contributed by atoms with Crippen molar-refractivity contribution in [2.45, 2.75) is 23.6 Å². The van der Waals surface area contributed by atoms with Crippen molar-refractivity contribution in [1.29, 1.82) is 0 Å². The number of rotatable bonds is 5. The second-order valence-electron chi connectivity index (χ2n) is 6.95. The SMILES string of the molecule is CCOc1ccc(N=c2oc3ccc(Cl)cc3cc2S(=O)(=O)c2ccc(C)cc2)cc1. The van der Waals surface area contributed by atoms with Gasteiger partial charge in [-0.1, -0.05) is 29.3 Å². The zero-order valence-corrected chi connectivity index (χ0v) is 18.6. The highest BCUT2D eigenvalue weighted by Gasteiger charge is 2.22. The number of benzene rings is 3. The van der Waals surface area contributed by atoms with Crippen molar-refractivity contribution in [2.24, 2.45) is 4.99 Å². The lowest BCUT2D eigenvalue weighted by molar-refractivity contribution is 0.340. The minimum Gasteiger partial charge on any atom is -0.494 e. The van der Waals surface area contributed by atoms with Gasteiger partial charge in [0.2, 0.25) is 15.4 Å². The van der Waals surface area contributed by atoms with Gasteiger partial charge in [0.05, 0.1) is 17.2 Å². The minimum absolute atomic E-state index is 0.000410. The molecule has 7 heteroatoms. The van der Waals surface area contributed by atoms with E-state index in [4.69, 9.17) is 20.8 Å². The molecule has 0 aliphatic rings. The molecule has 0 saturated carbocycles. The number of halogens is 1. The van der Waals surface area contributed by atoms with Crippen molar-refractivity contribution < 1.29 is 17.6 Å². The highest BCUT2D eigenvalue weighted by Crippen LogP contribution is 2.25. The van der Waals surface area contributed by atoms with Crippen LogP contribution in [0.15, 0.2) is 92.0 Å². The average Bonchev–Trinajstić information content (AvgIpc) is 2.75. The van der Waals surface area contributed by atoms with E-state index in [2.05, 4.69) is 4.99 Å². The highest BCUT2D eigenvalue weighted by atomic mass is 35.5. The molecule has 0 bridgehead atoms. The van der Waals surface area contributed by atoms with Crippen LogP contribution < -0.4 is 10.3 Å². The molecule has 4 aromatic rings. The van der Waals surface area contributed by atoms with Crippen LogP contribution >= 0.6 is 11.6 Å². The van der Waals surface area contributed by atoms with Gasteiger partial charge in [0.25, 0.3) is 0 Å².